The fourth-order valence-electron chi connectivity index (χ4n) is 1.92. The summed E-state index contributed by atoms with van der Waals surface area (Å²) in [5.41, 5.74) is 4.06. The molecule has 1 aromatic carbocycles. The molecular weight excluding hydrogens is 288 g/mol. The van der Waals surface area contributed by atoms with Gasteiger partial charge in [0.25, 0.3) is 5.91 Å². The molecule has 0 aliphatic heterocycles. The lowest BCUT2D eigenvalue weighted by atomic mass is 10.1. The molecule has 0 aliphatic carbocycles. The van der Waals surface area contributed by atoms with Crippen molar-refractivity contribution in [1.82, 2.24) is 10.3 Å². The van der Waals surface area contributed by atoms with Crippen LogP contribution in [0.1, 0.15) is 16.7 Å². The van der Waals surface area contributed by atoms with E-state index in [4.69, 9.17) is 5.26 Å². The van der Waals surface area contributed by atoms with Crippen molar-refractivity contribution in [3.8, 4) is 6.07 Å². The molecule has 0 atom stereocenters. The zero-order valence-electron chi connectivity index (χ0n) is 13.1. The lowest BCUT2D eigenvalue weighted by Crippen LogP contribution is -2.24. The van der Waals surface area contributed by atoms with Gasteiger partial charge in [-0.05, 0) is 48.7 Å². The number of nitrogens with one attached hydrogen (secondary N) is 2. The van der Waals surface area contributed by atoms with Crippen LogP contribution in [0.25, 0.3) is 0 Å². The molecule has 2 N–H and O–H groups in total. The van der Waals surface area contributed by atoms with Crippen LogP contribution in [0.5, 0.6) is 0 Å². The standard InChI is InChI=1S/C18H18N4O/c1-13-5-6-17(8-14(13)2)21-12-16(9-19)18(23)22-11-15-4-3-7-20-10-15/h3-8,10,12,21H,11H2,1-2H3,(H,22,23)/b16-12-. The van der Waals surface area contributed by atoms with E-state index in [0.717, 1.165) is 16.8 Å². The van der Waals surface area contributed by atoms with E-state index in [1.54, 1.807) is 18.5 Å². The minimum absolute atomic E-state index is 0.0205. The molecule has 2 aromatic rings. The molecule has 0 unspecified atom stereocenters. The van der Waals surface area contributed by atoms with Crippen LogP contribution in [-0.2, 0) is 11.3 Å². The highest BCUT2D eigenvalue weighted by Gasteiger charge is 2.08. The van der Waals surface area contributed by atoms with Crippen molar-refractivity contribution in [3.05, 3.63) is 71.2 Å². The first-order valence-electron chi connectivity index (χ1n) is 7.21. The summed E-state index contributed by atoms with van der Waals surface area (Å²) in [4.78, 5) is 16.0. The van der Waals surface area contributed by atoms with Gasteiger partial charge in [-0.2, -0.15) is 5.26 Å². The third-order valence-electron chi connectivity index (χ3n) is 3.43. The molecular formula is C18H18N4O. The van der Waals surface area contributed by atoms with Gasteiger partial charge in [0, 0.05) is 30.8 Å². The number of nitriles is 1. The molecule has 0 aliphatic rings. The van der Waals surface area contributed by atoms with Crippen LogP contribution >= 0.6 is 0 Å². The molecule has 5 nitrogen and oxygen atoms in total. The van der Waals surface area contributed by atoms with Gasteiger partial charge < -0.3 is 10.6 Å². The van der Waals surface area contributed by atoms with Crippen molar-refractivity contribution < 1.29 is 4.79 Å². The Morgan fingerprint density at radius 2 is 2.13 bits per heavy atom. The highest BCUT2D eigenvalue weighted by Crippen LogP contribution is 2.14. The maximum atomic E-state index is 12.0. The van der Waals surface area contributed by atoms with Gasteiger partial charge in [-0.1, -0.05) is 12.1 Å². The van der Waals surface area contributed by atoms with Gasteiger partial charge in [-0.3, -0.25) is 9.78 Å². The van der Waals surface area contributed by atoms with E-state index >= 15 is 0 Å². The number of hydrogen-bond donors (Lipinski definition) is 2. The van der Waals surface area contributed by atoms with E-state index in [1.807, 2.05) is 44.2 Å². The summed E-state index contributed by atoms with van der Waals surface area (Å²) in [5, 5.41) is 14.8. The van der Waals surface area contributed by atoms with E-state index in [9.17, 15) is 4.79 Å². The SMILES string of the molecule is Cc1ccc(N/C=C(/C#N)C(=O)NCc2cccnc2)cc1C. The third-order valence-corrected chi connectivity index (χ3v) is 3.43. The normalized spacial score (nSPS) is 10.7. The second kappa shape index (κ2) is 7.76. The molecule has 0 spiro atoms. The topological polar surface area (TPSA) is 77.8 Å². The number of benzene rings is 1. The lowest BCUT2D eigenvalue weighted by Gasteiger charge is -2.07. The van der Waals surface area contributed by atoms with Crippen molar-refractivity contribution in [3.63, 3.8) is 0 Å². The van der Waals surface area contributed by atoms with Crippen LogP contribution in [-0.4, -0.2) is 10.9 Å². The number of amides is 1. The molecule has 23 heavy (non-hydrogen) atoms. The number of anilines is 1. The molecule has 0 saturated heterocycles. The number of pyridine rings is 1. The molecule has 116 valence electrons. The van der Waals surface area contributed by atoms with Crippen molar-refractivity contribution >= 4 is 11.6 Å². The first-order valence-corrected chi connectivity index (χ1v) is 7.21. The Morgan fingerprint density at radius 1 is 1.30 bits per heavy atom. The first-order chi connectivity index (χ1) is 11.1. The zero-order chi connectivity index (χ0) is 16.7. The lowest BCUT2D eigenvalue weighted by molar-refractivity contribution is -0.117. The molecule has 0 fully saturated rings. The van der Waals surface area contributed by atoms with Crippen LogP contribution in [0.3, 0.4) is 0 Å². The van der Waals surface area contributed by atoms with Crippen molar-refractivity contribution in [2.75, 3.05) is 5.32 Å². The largest absolute Gasteiger partial charge is 0.360 e. The highest BCUT2D eigenvalue weighted by atomic mass is 16.1. The van der Waals surface area contributed by atoms with Crippen LogP contribution in [0.15, 0.2) is 54.5 Å². The minimum Gasteiger partial charge on any atom is -0.360 e. The van der Waals surface area contributed by atoms with E-state index in [-0.39, 0.29) is 5.57 Å². The predicted octanol–water partition coefficient (Wildman–Crippen LogP) is 2.83. The summed E-state index contributed by atoms with van der Waals surface area (Å²) < 4.78 is 0. The van der Waals surface area contributed by atoms with Gasteiger partial charge in [0.1, 0.15) is 11.6 Å². The van der Waals surface area contributed by atoms with Gasteiger partial charge in [0.2, 0.25) is 0 Å². The summed E-state index contributed by atoms with van der Waals surface area (Å²) in [6.07, 6.45) is 4.76. The maximum Gasteiger partial charge on any atom is 0.263 e. The summed E-state index contributed by atoms with van der Waals surface area (Å²) >= 11 is 0. The number of nitrogens with zero attached hydrogens (tertiary/aromatic N) is 2. The Balaban J connectivity index is 1.99. The second-order valence-corrected chi connectivity index (χ2v) is 5.16. The number of carbonyl (C=O) groups excluding carboxylic acids is 1. The Labute approximate surface area is 135 Å². The molecule has 2 rings (SSSR count). The monoisotopic (exact) mass is 306 g/mol. The number of hydrogen-bond acceptors (Lipinski definition) is 4. The fraction of sp³-hybridized carbons (Fsp3) is 0.167. The summed E-state index contributed by atoms with van der Waals surface area (Å²) in [7, 11) is 0. The van der Waals surface area contributed by atoms with E-state index in [2.05, 4.69) is 15.6 Å². The summed E-state index contributed by atoms with van der Waals surface area (Å²) in [6, 6.07) is 11.4. The maximum absolute atomic E-state index is 12.0. The number of aryl methyl sites for hydroxylation is 2. The Morgan fingerprint density at radius 3 is 2.78 bits per heavy atom. The van der Waals surface area contributed by atoms with Crippen LogP contribution in [0.2, 0.25) is 0 Å². The van der Waals surface area contributed by atoms with Crippen LogP contribution in [0, 0.1) is 25.2 Å². The Bertz CT molecular complexity index is 760. The van der Waals surface area contributed by atoms with Gasteiger partial charge >= 0.3 is 0 Å². The minimum atomic E-state index is -0.423. The van der Waals surface area contributed by atoms with Crippen LogP contribution in [0.4, 0.5) is 5.69 Å². The molecule has 0 radical (unpaired) electrons. The number of rotatable bonds is 5. The van der Waals surface area contributed by atoms with Gasteiger partial charge in [0.05, 0.1) is 0 Å². The smallest absolute Gasteiger partial charge is 0.263 e. The predicted molar refractivity (Wildman–Crippen MR) is 89.3 cm³/mol. The Kier molecular flexibility index (Phi) is 5.48. The molecule has 1 heterocycles. The highest BCUT2D eigenvalue weighted by molar-refractivity contribution is 5.97. The zero-order valence-corrected chi connectivity index (χ0v) is 13.1. The average molecular weight is 306 g/mol. The fourth-order valence-corrected chi connectivity index (χ4v) is 1.92. The van der Waals surface area contributed by atoms with E-state index in [0.29, 0.717) is 6.54 Å². The molecule has 0 bridgehead atoms. The summed E-state index contributed by atoms with van der Waals surface area (Å²) in [6.45, 7) is 4.37. The molecule has 1 amide bonds. The second-order valence-electron chi connectivity index (χ2n) is 5.16. The van der Waals surface area contributed by atoms with Crippen LogP contribution < -0.4 is 10.6 Å². The molecule has 1 aromatic heterocycles. The first kappa shape index (κ1) is 16.2. The number of aromatic nitrogens is 1. The van der Waals surface area contributed by atoms with Crippen molar-refractivity contribution in [2.45, 2.75) is 20.4 Å². The average Bonchev–Trinajstić information content (AvgIpc) is 2.57. The molecule has 0 saturated carbocycles. The summed E-state index contributed by atoms with van der Waals surface area (Å²) in [5.74, 6) is -0.423. The Hall–Kier alpha value is -3.13. The van der Waals surface area contributed by atoms with E-state index < -0.39 is 5.91 Å². The van der Waals surface area contributed by atoms with Gasteiger partial charge in [-0.25, -0.2) is 0 Å². The quantitative estimate of drug-likeness (QED) is 0.658. The van der Waals surface area contributed by atoms with Gasteiger partial charge in [0.15, 0.2) is 0 Å². The van der Waals surface area contributed by atoms with E-state index in [1.165, 1.54) is 11.8 Å². The number of carbonyl (C=O) groups is 1. The van der Waals surface area contributed by atoms with Crippen molar-refractivity contribution in [2.24, 2.45) is 0 Å². The van der Waals surface area contributed by atoms with Gasteiger partial charge in [-0.15, -0.1) is 0 Å². The van der Waals surface area contributed by atoms with Crippen molar-refractivity contribution in [1.29, 1.82) is 5.26 Å². The third kappa shape index (κ3) is 4.68. The molecule has 5 heteroatoms.